The molecule has 0 fully saturated rings. The summed E-state index contributed by atoms with van der Waals surface area (Å²) < 4.78 is 91.1. The largest absolute Gasteiger partial charge is 0.390 e. The van der Waals surface area contributed by atoms with Gasteiger partial charge in [-0.2, -0.15) is 13.2 Å². The van der Waals surface area contributed by atoms with E-state index in [4.69, 9.17) is 0 Å². The number of fused-ring (bicyclic) bond motifs is 1. The van der Waals surface area contributed by atoms with Crippen molar-refractivity contribution in [2.45, 2.75) is 17.5 Å². The Balaban J connectivity index is 2.00. The number of thiophene rings is 1. The van der Waals surface area contributed by atoms with Crippen LogP contribution < -0.4 is 9.03 Å². The summed E-state index contributed by atoms with van der Waals surface area (Å²) in [7, 11) is -7.88. The number of benzene rings is 2. The summed E-state index contributed by atoms with van der Waals surface area (Å²) in [5, 5.41) is 0.885. The smallest absolute Gasteiger partial charge is 0.284 e. The summed E-state index contributed by atoms with van der Waals surface area (Å²) in [6.07, 6.45) is -4.90. The van der Waals surface area contributed by atoms with Gasteiger partial charge in [-0.25, -0.2) is 16.8 Å². The van der Waals surface area contributed by atoms with Crippen LogP contribution in [-0.2, 0) is 20.0 Å². The minimum absolute atomic E-state index is 0.139. The quantitative estimate of drug-likeness (QED) is 0.545. The predicted molar refractivity (Wildman–Crippen MR) is 112 cm³/mol. The Labute approximate surface area is 176 Å². The summed E-state index contributed by atoms with van der Waals surface area (Å²) in [4.78, 5) is -0.249. The molecule has 3 aromatic rings. The molecule has 0 spiro atoms. The molecule has 0 radical (unpaired) electrons. The van der Waals surface area contributed by atoms with E-state index < -0.39 is 39.2 Å². The van der Waals surface area contributed by atoms with Gasteiger partial charge in [0.05, 0.1) is 17.6 Å². The molecular formula is C18H17F3N2O4S3. The Kier molecular flexibility index (Phi) is 6.03. The first kappa shape index (κ1) is 22.4. The van der Waals surface area contributed by atoms with Crippen molar-refractivity contribution >= 4 is 52.2 Å². The number of nitrogens with zero attached hydrogens (tertiary/aromatic N) is 1. The summed E-state index contributed by atoms with van der Waals surface area (Å²) in [6.45, 7) is -0.776. The fraction of sp³-hybridized carbons (Fsp3) is 0.222. The minimum atomic E-state index is -4.53. The van der Waals surface area contributed by atoms with Crippen molar-refractivity contribution in [3.63, 3.8) is 0 Å². The molecule has 2 aromatic carbocycles. The van der Waals surface area contributed by atoms with E-state index >= 15 is 0 Å². The topological polar surface area (TPSA) is 83.5 Å². The van der Waals surface area contributed by atoms with E-state index in [1.54, 1.807) is 24.3 Å². The third-order valence-corrected chi connectivity index (χ3v) is 7.69. The molecule has 30 heavy (non-hydrogen) atoms. The number of hydrogen-bond donors (Lipinski definition) is 1. The third kappa shape index (κ3) is 5.43. The van der Waals surface area contributed by atoms with E-state index in [-0.39, 0.29) is 15.6 Å². The van der Waals surface area contributed by atoms with E-state index in [2.05, 4.69) is 4.72 Å². The maximum absolute atomic E-state index is 13.1. The van der Waals surface area contributed by atoms with Gasteiger partial charge in [-0.05, 0) is 41.8 Å². The lowest BCUT2D eigenvalue weighted by Crippen LogP contribution is -2.33. The lowest BCUT2D eigenvalue weighted by Gasteiger charge is -2.23. The zero-order valence-corrected chi connectivity index (χ0v) is 18.0. The van der Waals surface area contributed by atoms with Crippen molar-refractivity contribution < 1.29 is 30.0 Å². The Morgan fingerprint density at radius 3 is 2.20 bits per heavy atom. The van der Waals surface area contributed by atoms with Crippen molar-refractivity contribution in [3.8, 4) is 0 Å². The molecule has 0 saturated carbocycles. The molecule has 0 atom stereocenters. The summed E-state index contributed by atoms with van der Waals surface area (Å²) >= 11 is 1.08. The first-order valence-corrected chi connectivity index (χ1v) is 12.7. The number of halogens is 3. The molecule has 1 aromatic heterocycles. The van der Waals surface area contributed by atoms with E-state index in [9.17, 15) is 30.0 Å². The first-order valence-electron chi connectivity index (χ1n) is 8.51. The van der Waals surface area contributed by atoms with Crippen LogP contribution in [0.5, 0.6) is 0 Å². The number of alkyl halides is 3. The number of nitrogens with one attached hydrogen (secondary N) is 1. The standard InChI is InChI=1S/C18H17F3N2O4S3/c1-29(24,25)22-14-6-8-15(9-7-14)30(26,27)23(11-10-18(19,20)21)17-12-13-4-2-3-5-16(13)28-17/h2-9,12,22H,10-11H2,1H3. The minimum Gasteiger partial charge on any atom is -0.284 e. The van der Waals surface area contributed by atoms with E-state index in [0.29, 0.717) is 0 Å². The molecule has 0 aliphatic carbocycles. The molecule has 1 heterocycles. The lowest BCUT2D eigenvalue weighted by atomic mass is 10.3. The van der Waals surface area contributed by atoms with Gasteiger partial charge in [0.15, 0.2) is 0 Å². The Hall–Kier alpha value is -2.31. The van der Waals surface area contributed by atoms with Gasteiger partial charge in [-0.1, -0.05) is 18.2 Å². The SMILES string of the molecule is CS(=O)(=O)Nc1ccc(S(=O)(=O)N(CCC(F)(F)F)c2cc3ccccc3s2)cc1. The van der Waals surface area contributed by atoms with Crippen LogP contribution in [0.2, 0.25) is 0 Å². The first-order chi connectivity index (χ1) is 13.9. The van der Waals surface area contributed by atoms with Crippen LogP contribution in [0.1, 0.15) is 6.42 Å². The number of sulfonamides is 2. The monoisotopic (exact) mass is 478 g/mol. The molecule has 0 unspecified atom stereocenters. The van der Waals surface area contributed by atoms with Gasteiger partial charge < -0.3 is 0 Å². The number of rotatable bonds is 7. The van der Waals surface area contributed by atoms with Crippen molar-refractivity contribution in [1.82, 2.24) is 0 Å². The summed E-state index contributed by atoms with van der Waals surface area (Å²) in [6, 6.07) is 13.3. The molecule has 162 valence electrons. The van der Waals surface area contributed by atoms with E-state index in [0.717, 1.165) is 44.1 Å². The fourth-order valence-corrected chi connectivity index (χ4v) is 6.03. The van der Waals surface area contributed by atoms with E-state index in [1.807, 2.05) is 0 Å². The molecule has 12 heteroatoms. The highest BCUT2D eigenvalue weighted by atomic mass is 32.2. The number of hydrogen-bond acceptors (Lipinski definition) is 5. The van der Waals surface area contributed by atoms with Crippen LogP contribution in [0, 0.1) is 0 Å². The Morgan fingerprint density at radius 2 is 1.63 bits per heavy atom. The van der Waals surface area contributed by atoms with Crippen LogP contribution in [0.3, 0.4) is 0 Å². The zero-order chi connectivity index (χ0) is 22.2. The second kappa shape index (κ2) is 8.08. The Bertz CT molecular complexity index is 1220. The molecule has 0 saturated heterocycles. The zero-order valence-electron chi connectivity index (χ0n) is 15.5. The molecule has 0 aliphatic heterocycles. The van der Waals surface area contributed by atoms with Gasteiger partial charge in [0.2, 0.25) is 10.0 Å². The molecular weight excluding hydrogens is 461 g/mol. The number of anilines is 2. The normalized spacial score (nSPS) is 12.8. The predicted octanol–water partition coefficient (Wildman–Crippen LogP) is 4.42. The highest BCUT2D eigenvalue weighted by Crippen LogP contribution is 2.36. The maximum atomic E-state index is 13.1. The van der Waals surface area contributed by atoms with Crippen molar-refractivity contribution in [1.29, 1.82) is 0 Å². The van der Waals surface area contributed by atoms with Crippen LogP contribution >= 0.6 is 11.3 Å². The molecule has 0 bridgehead atoms. The summed E-state index contributed by atoms with van der Waals surface area (Å²) in [5.41, 5.74) is 0.139. The van der Waals surface area contributed by atoms with Gasteiger partial charge in [0.25, 0.3) is 10.0 Å². The second-order valence-electron chi connectivity index (χ2n) is 6.46. The molecule has 1 N–H and O–H groups in total. The highest BCUT2D eigenvalue weighted by molar-refractivity contribution is 7.93. The van der Waals surface area contributed by atoms with Crippen LogP contribution in [0.4, 0.5) is 23.9 Å². The molecule has 0 amide bonds. The van der Waals surface area contributed by atoms with Gasteiger partial charge in [-0.3, -0.25) is 9.03 Å². The average molecular weight is 479 g/mol. The average Bonchev–Trinajstić information content (AvgIpc) is 3.03. The summed E-state index contributed by atoms with van der Waals surface area (Å²) in [5.74, 6) is 0. The van der Waals surface area contributed by atoms with Gasteiger partial charge in [0.1, 0.15) is 5.00 Å². The van der Waals surface area contributed by atoms with E-state index in [1.165, 1.54) is 18.2 Å². The molecule has 3 rings (SSSR count). The van der Waals surface area contributed by atoms with Crippen molar-refractivity contribution in [3.05, 3.63) is 54.6 Å². The lowest BCUT2D eigenvalue weighted by molar-refractivity contribution is -0.131. The van der Waals surface area contributed by atoms with Gasteiger partial charge >= 0.3 is 6.18 Å². The molecule has 0 aliphatic rings. The molecule has 6 nitrogen and oxygen atoms in total. The van der Waals surface area contributed by atoms with Crippen LogP contribution in [0.25, 0.3) is 10.1 Å². The van der Waals surface area contributed by atoms with Crippen LogP contribution in [-0.4, -0.2) is 35.8 Å². The third-order valence-electron chi connectivity index (χ3n) is 4.00. The fourth-order valence-electron chi connectivity index (χ4n) is 2.70. The van der Waals surface area contributed by atoms with Crippen molar-refractivity contribution in [2.75, 3.05) is 21.8 Å². The second-order valence-corrected chi connectivity index (χ2v) is 11.1. The Morgan fingerprint density at radius 1 is 1.00 bits per heavy atom. The highest BCUT2D eigenvalue weighted by Gasteiger charge is 2.33. The van der Waals surface area contributed by atoms with Crippen LogP contribution in [0.15, 0.2) is 59.5 Å². The van der Waals surface area contributed by atoms with Gasteiger partial charge in [0, 0.05) is 16.9 Å². The van der Waals surface area contributed by atoms with Crippen molar-refractivity contribution in [2.24, 2.45) is 0 Å². The maximum Gasteiger partial charge on any atom is 0.390 e. The van der Waals surface area contributed by atoms with Gasteiger partial charge in [-0.15, -0.1) is 11.3 Å².